The Morgan fingerprint density at radius 1 is 0.889 bits per heavy atom. The van der Waals surface area contributed by atoms with E-state index < -0.39 is 21.8 Å². The maximum absolute atomic E-state index is 14.8. The summed E-state index contributed by atoms with van der Waals surface area (Å²) in [5.74, 6) is 1.10. The maximum atomic E-state index is 14.8. The molecule has 0 amide bonds. The first-order valence-corrected chi connectivity index (χ1v) is 14.2. The molecule has 0 aliphatic heterocycles. The molecule has 1 saturated carbocycles. The molecule has 1 atom stereocenters. The van der Waals surface area contributed by atoms with E-state index in [0.29, 0.717) is 35.8 Å². The summed E-state index contributed by atoms with van der Waals surface area (Å²) in [6.45, 7) is 0.0837. The molecule has 5 rings (SSSR count). The Morgan fingerprint density at radius 3 is 2.31 bits per heavy atom. The van der Waals surface area contributed by atoms with Crippen LogP contribution in [0.4, 0.5) is 8.78 Å². The van der Waals surface area contributed by atoms with Crippen LogP contribution in [-0.4, -0.2) is 27.0 Å². The largest absolute Gasteiger partial charge is 0.490 e. The summed E-state index contributed by atoms with van der Waals surface area (Å²) in [4.78, 5) is 0. The minimum Gasteiger partial charge on any atom is -0.490 e. The third-order valence-corrected chi connectivity index (χ3v) is 7.53. The minimum absolute atomic E-state index is 0.0151. The molecule has 5 nitrogen and oxygen atoms in total. The first-order chi connectivity index (χ1) is 17.3. The van der Waals surface area contributed by atoms with Gasteiger partial charge in [0.1, 0.15) is 39.0 Å². The molecule has 1 fully saturated rings. The Kier molecular flexibility index (Phi) is 6.88. The van der Waals surface area contributed by atoms with Crippen LogP contribution < -0.4 is 14.2 Å². The second-order valence-electron chi connectivity index (χ2n) is 9.45. The van der Waals surface area contributed by atoms with E-state index in [9.17, 15) is 17.2 Å². The monoisotopic (exact) mass is 514 g/mol. The Labute approximate surface area is 209 Å². The number of benzene rings is 3. The van der Waals surface area contributed by atoms with Gasteiger partial charge in [-0.2, -0.15) is 0 Å². The van der Waals surface area contributed by atoms with E-state index in [2.05, 4.69) is 12.1 Å². The quantitative estimate of drug-likeness (QED) is 0.289. The topological polar surface area (TPSA) is 61.8 Å². The number of rotatable bonds is 10. The third kappa shape index (κ3) is 5.81. The van der Waals surface area contributed by atoms with Crippen LogP contribution in [0, 0.1) is 11.6 Å². The molecule has 2 aliphatic rings. The predicted octanol–water partition coefficient (Wildman–Crippen LogP) is 6.51. The summed E-state index contributed by atoms with van der Waals surface area (Å²) in [5, 5.41) is 0. The van der Waals surface area contributed by atoms with Crippen LogP contribution in [0.1, 0.15) is 54.4 Å². The summed E-state index contributed by atoms with van der Waals surface area (Å²) in [6, 6.07) is 15.1. The fourth-order valence-corrected chi connectivity index (χ4v) is 5.19. The summed E-state index contributed by atoms with van der Waals surface area (Å²) in [5.41, 5.74) is 2.51. The van der Waals surface area contributed by atoms with Crippen molar-refractivity contribution in [1.29, 1.82) is 0 Å². The Bertz CT molecular complexity index is 1350. The maximum Gasteiger partial charge on any atom is 0.168 e. The van der Waals surface area contributed by atoms with Crippen LogP contribution in [0.5, 0.6) is 23.0 Å². The van der Waals surface area contributed by atoms with Crippen molar-refractivity contribution < 1.29 is 31.4 Å². The summed E-state index contributed by atoms with van der Waals surface area (Å²) >= 11 is 0. The van der Waals surface area contributed by atoms with E-state index >= 15 is 0 Å². The fourth-order valence-electron chi connectivity index (χ4n) is 4.55. The molecule has 0 saturated heterocycles. The van der Waals surface area contributed by atoms with Crippen molar-refractivity contribution >= 4 is 9.84 Å². The van der Waals surface area contributed by atoms with Gasteiger partial charge >= 0.3 is 0 Å². The van der Waals surface area contributed by atoms with Crippen LogP contribution >= 0.6 is 0 Å². The van der Waals surface area contributed by atoms with E-state index in [1.165, 1.54) is 36.6 Å². The molecule has 0 radical (unpaired) electrons. The molecule has 0 bridgehead atoms. The van der Waals surface area contributed by atoms with Gasteiger partial charge in [0, 0.05) is 23.4 Å². The first kappa shape index (κ1) is 24.6. The van der Waals surface area contributed by atoms with Crippen molar-refractivity contribution in [2.45, 2.75) is 44.1 Å². The van der Waals surface area contributed by atoms with Crippen LogP contribution in [0.2, 0.25) is 0 Å². The summed E-state index contributed by atoms with van der Waals surface area (Å²) in [6.07, 6.45) is 4.65. The lowest BCUT2D eigenvalue weighted by Crippen LogP contribution is -2.08. The molecule has 190 valence electrons. The first-order valence-electron chi connectivity index (χ1n) is 12.1. The van der Waals surface area contributed by atoms with E-state index in [1.807, 2.05) is 12.1 Å². The zero-order chi connectivity index (χ0) is 25.3. The van der Waals surface area contributed by atoms with Crippen molar-refractivity contribution in [2.24, 2.45) is 0 Å². The third-order valence-electron chi connectivity index (χ3n) is 6.49. The van der Waals surface area contributed by atoms with Gasteiger partial charge in [0.25, 0.3) is 0 Å². The number of fused-ring (bicyclic) bond motifs is 1. The zero-order valence-corrected chi connectivity index (χ0v) is 20.8. The van der Waals surface area contributed by atoms with Crippen LogP contribution in [0.25, 0.3) is 0 Å². The lowest BCUT2D eigenvalue weighted by molar-refractivity contribution is 0.203. The van der Waals surface area contributed by atoms with Gasteiger partial charge in [-0.1, -0.05) is 12.1 Å². The van der Waals surface area contributed by atoms with Gasteiger partial charge in [0.15, 0.2) is 11.6 Å². The molecular formula is C28H28F2O5S. The summed E-state index contributed by atoms with van der Waals surface area (Å²) < 4.78 is 69.2. The Hall–Kier alpha value is -3.13. The lowest BCUT2D eigenvalue weighted by Gasteiger charge is -2.17. The van der Waals surface area contributed by atoms with E-state index in [0.717, 1.165) is 11.8 Å². The zero-order valence-electron chi connectivity index (χ0n) is 20.0. The van der Waals surface area contributed by atoms with Crippen molar-refractivity contribution in [3.05, 3.63) is 82.9 Å². The standard InChI is InChI=1S/C28H28F2O5S/c1-36(31,32)16-2-15-33-26-12-9-21(17-24(26)30)35-25-14-11-23(29)28-22(25)10-13-27(28)34-20-7-5-19(6-8-20)18-3-4-18/h5-9,11-12,14,17-18,27H,2-4,10,13,15-16H2,1H3. The van der Waals surface area contributed by atoms with Gasteiger partial charge in [0.2, 0.25) is 0 Å². The van der Waals surface area contributed by atoms with E-state index in [1.54, 1.807) is 12.1 Å². The number of hydrogen-bond donors (Lipinski definition) is 0. The number of hydrogen-bond acceptors (Lipinski definition) is 5. The molecule has 0 heterocycles. The highest BCUT2D eigenvalue weighted by atomic mass is 32.2. The molecule has 0 aromatic heterocycles. The SMILES string of the molecule is CS(=O)(=O)CCCOc1ccc(Oc2ccc(F)c3c2CCC3Oc2ccc(C3CC3)cc2)cc1F. The van der Waals surface area contributed by atoms with Crippen LogP contribution in [0.3, 0.4) is 0 Å². The van der Waals surface area contributed by atoms with Gasteiger partial charge in [-0.3, -0.25) is 0 Å². The molecule has 2 aliphatic carbocycles. The minimum atomic E-state index is -3.09. The molecule has 1 unspecified atom stereocenters. The second kappa shape index (κ2) is 10.1. The molecule has 8 heteroatoms. The van der Waals surface area contributed by atoms with Crippen molar-refractivity contribution in [3.63, 3.8) is 0 Å². The number of halogens is 2. The van der Waals surface area contributed by atoms with Crippen LogP contribution in [0.15, 0.2) is 54.6 Å². The average molecular weight is 515 g/mol. The number of sulfone groups is 1. The molecular weight excluding hydrogens is 486 g/mol. The average Bonchev–Trinajstić information content (AvgIpc) is 3.60. The van der Waals surface area contributed by atoms with Crippen molar-refractivity contribution in [1.82, 2.24) is 0 Å². The molecule has 0 spiro atoms. The van der Waals surface area contributed by atoms with Gasteiger partial charge in [0.05, 0.1) is 12.4 Å². The van der Waals surface area contributed by atoms with E-state index in [4.69, 9.17) is 14.2 Å². The highest BCUT2D eigenvalue weighted by molar-refractivity contribution is 7.90. The van der Waals surface area contributed by atoms with Gasteiger partial charge < -0.3 is 14.2 Å². The summed E-state index contributed by atoms with van der Waals surface area (Å²) in [7, 11) is -3.09. The second-order valence-corrected chi connectivity index (χ2v) is 11.7. The number of ether oxygens (including phenoxy) is 3. The highest BCUT2D eigenvalue weighted by Gasteiger charge is 2.31. The molecule has 36 heavy (non-hydrogen) atoms. The van der Waals surface area contributed by atoms with E-state index in [-0.39, 0.29) is 36.1 Å². The highest BCUT2D eigenvalue weighted by Crippen LogP contribution is 2.44. The smallest absolute Gasteiger partial charge is 0.168 e. The van der Waals surface area contributed by atoms with Crippen LogP contribution in [-0.2, 0) is 16.3 Å². The lowest BCUT2D eigenvalue weighted by atomic mass is 10.1. The normalized spacial score (nSPS) is 17.0. The van der Waals surface area contributed by atoms with Crippen molar-refractivity contribution in [3.8, 4) is 23.0 Å². The van der Waals surface area contributed by atoms with Crippen molar-refractivity contribution in [2.75, 3.05) is 18.6 Å². The fraction of sp³-hybridized carbons (Fsp3) is 0.357. The predicted molar refractivity (Wildman–Crippen MR) is 133 cm³/mol. The van der Waals surface area contributed by atoms with Gasteiger partial charge in [-0.25, -0.2) is 17.2 Å². The molecule has 0 N–H and O–H groups in total. The Balaban J connectivity index is 1.26. The van der Waals surface area contributed by atoms with Gasteiger partial charge in [-0.05, 0) is 80.0 Å². The van der Waals surface area contributed by atoms with Gasteiger partial charge in [-0.15, -0.1) is 0 Å². The Morgan fingerprint density at radius 2 is 1.61 bits per heavy atom. The molecule has 3 aromatic rings. The molecule has 3 aromatic carbocycles.